The van der Waals surface area contributed by atoms with Crippen molar-refractivity contribution >= 4 is 22.1 Å². The van der Waals surface area contributed by atoms with Crippen molar-refractivity contribution in [2.75, 3.05) is 0 Å². The minimum absolute atomic E-state index is 0. The average Bonchev–Trinajstić information content (AvgIpc) is 2.05. The minimum Gasteiger partial charge on any atom is -0.747 e. The molecule has 1 aliphatic heterocycles. The normalized spacial score (nSPS) is 28.2. The van der Waals surface area contributed by atoms with Crippen LogP contribution in [0.1, 0.15) is 6.92 Å². The molecule has 13 heavy (non-hydrogen) atoms. The smallest absolute Gasteiger partial charge is 0.747 e. The monoisotopic (exact) mass is 216 g/mol. The van der Waals surface area contributed by atoms with Gasteiger partial charge in [0, 0.05) is 0 Å². The molecule has 1 aliphatic rings. The molecule has 1 saturated heterocycles. The zero-order valence-corrected chi connectivity index (χ0v) is 9.83. The summed E-state index contributed by atoms with van der Waals surface area (Å²) < 4.78 is 35.1. The molecule has 68 valence electrons. The summed E-state index contributed by atoms with van der Waals surface area (Å²) in [4.78, 5) is 21.2. The van der Waals surface area contributed by atoms with Crippen LogP contribution in [0.15, 0.2) is 0 Å². The molecule has 2 atom stereocenters. The molecule has 0 amide bonds. The van der Waals surface area contributed by atoms with E-state index in [1.807, 2.05) is 0 Å². The van der Waals surface area contributed by atoms with Crippen molar-refractivity contribution in [1.29, 1.82) is 0 Å². The summed E-state index contributed by atoms with van der Waals surface area (Å²) in [6, 6.07) is 0. The van der Waals surface area contributed by atoms with Gasteiger partial charge in [-0.25, -0.2) is 8.42 Å². The van der Waals surface area contributed by atoms with Crippen molar-refractivity contribution < 1.29 is 56.9 Å². The number of rotatable bonds is 1. The molecule has 8 heteroatoms. The van der Waals surface area contributed by atoms with Crippen LogP contribution in [0, 0.1) is 5.92 Å². The average molecular weight is 216 g/mol. The van der Waals surface area contributed by atoms with Crippen LogP contribution in [0.2, 0.25) is 0 Å². The maximum Gasteiger partial charge on any atom is 1.00 e. The molecule has 0 saturated carbocycles. The molecule has 0 N–H and O–H groups in total. The number of hydrogen-bond donors (Lipinski definition) is 0. The van der Waals surface area contributed by atoms with Gasteiger partial charge in [-0.3, -0.25) is 9.59 Å². The van der Waals surface area contributed by atoms with Crippen LogP contribution in [-0.2, 0) is 24.4 Å². The molecule has 1 heterocycles. The molecule has 6 nitrogen and oxygen atoms in total. The van der Waals surface area contributed by atoms with Crippen molar-refractivity contribution in [3.8, 4) is 0 Å². The van der Waals surface area contributed by atoms with Gasteiger partial charge in [-0.2, -0.15) is 0 Å². The Kier molecular flexibility index (Phi) is 4.07. The van der Waals surface area contributed by atoms with Crippen LogP contribution in [0.4, 0.5) is 0 Å². The number of cyclic esters (lactones) is 2. The summed E-state index contributed by atoms with van der Waals surface area (Å²) in [7, 11) is -4.78. The van der Waals surface area contributed by atoms with Gasteiger partial charge < -0.3 is 9.29 Å². The second-order valence-electron chi connectivity index (χ2n) is 2.44. The second kappa shape index (κ2) is 4.05. The predicted molar refractivity (Wildman–Crippen MR) is 33.7 cm³/mol. The third-order valence-corrected chi connectivity index (χ3v) is 2.79. The van der Waals surface area contributed by atoms with Crippen molar-refractivity contribution in [2.24, 2.45) is 5.92 Å². The molecule has 0 aliphatic carbocycles. The number of esters is 2. The van der Waals surface area contributed by atoms with Gasteiger partial charge in [0.25, 0.3) is 0 Å². The van der Waals surface area contributed by atoms with Crippen molar-refractivity contribution in [3.05, 3.63) is 0 Å². The van der Waals surface area contributed by atoms with Gasteiger partial charge in [0.05, 0.1) is 5.92 Å². The van der Waals surface area contributed by atoms with Gasteiger partial charge in [0.15, 0.2) is 5.25 Å². The molecule has 0 aromatic heterocycles. The van der Waals surface area contributed by atoms with E-state index in [9.17, 15) is 22.6 Å². The second-order valence-corrected chi connectivity index (χ2v) is 3.94. The Morgan fingerprint density at radius 2 is 1.77 bits per heavy atom. The first-order chi connectivity index (χ1) is 5.34. The van der Waals surface area contributed by atoms with Gasteiger partial charge in [-0.15, -0.1) is 0 Å². The van der Waals surface area contributed by atoms with Gasteiger partial charge >= 0.3 is 41.5 Å². The Hall–Kier alpha value is 0.0500. The van der Waals surface area contributed by atoms with Crippen molar-refractivity contribution in [2.45, 2.75) is 12.2 Å². The van der Waals surface area contributed by atoms with Crippen LogP contribution in [0.3, 0.4) is 0 Å². The van der Waals surface area contributed by atoms with E-state index in [1.54, 1.807) is 0 Å². The third kappa shape index (κ3) is 2.50. The number of hydrogen-bond acceptors (Lipinski definition) is 6. The van der Waals surface area contributed by atoms with E-state index in [0.717, 1.165) is 6.92 Å². The first kappa shape index (κ1) is 13.1. The van der Waals surface area contributed by atoms with Crippen molar-refractivity contribution in [1.82, 2.24) is 0 Å². The fraction of sp³-hybridized carbons (Fsp3) is 0.600. The standard InChI is InChI=1S/C5H6O6S.Na/c1-2-3(12(8,9)10)5(7)11-4(2)6;/h2-3H,1H3,(H,8,9,10);/q;+1/p-1. The zero-order valence-electron chi connectivity index (χ0n) is 7.01. The Morgan fingerprint density at radius 3 is 1.92 bits per heavy atom. The zero-order chi connectivity index (χ0) is 9.52. The molecule has 0 spiro atoms. The van der Waals surface area contributed by atoms with Crippen molar-refractivity contribution in [3.63, 3.8) is 0 Å². The fourth-order valence-corrected chi connectivity index (χ4v) is 1.84. The molecular formula is C5H5NaO6S. The molecule has 0 bridgehead atoms. The molecule has 1 fully saturated rings. The molecule has 0 aromatic rings. The summed E-state index contributed by atoms with van der Waals surface area (Å²) in [5.74, 6) is -3.44. The number of carbonyl (C=O) groups is 2. The quantitative estimate of drug-likeness (QED) is 0.190. The maximum atomic E-state index is 10.6. The molecule has 2 unspecified atom stereocenters. The Morgan fingerprint density at radius 1 is 1.31 bits per heavy atom. The minimum atomic E-state index is -4.78. The third-order valence-electron chi connectivity index (χ3n) is 1.57. The maximum absolute atomic E-state index is 10.6. The predicted octanol–water partition coefficient (Wildman–Crippen LogP) is -4.38. The van der Waals surface area contributed by atoms with E-state index in [-0.39, 0.29) is 29.6 Å². The van der Waals surface area contributed by atoms with Crippen LogP contribution in [0.5, 0.6) is 0 Å². The fourth-order valence-electron chi connectivity index (χ4n) is 0.946. The van der Waals surface area contributed by atoms with E-state index in [0.29, 0.717) is 0 Å². The number of carbonyl (C=O) groups excluding carboxylic acids is 2. The largest absolute Gasteiger partial charge is 1.00 e. The Labute approximate surface area is 96.7 Å². The van der Waals surface area contributed by atoms with E-state index < -0.39 is 33.2 Å². The molecule has 1 rings (SSSR count). The van der Waals surface area contributed by atoms with Crippen LogP contribution >= 0.6 is 0 Å². The molecule has 0 aromatic carbocycles. The summed E-state index contributed by atoms with van der Waals surface area (Å²) in [5, 5.41) is -1.87. The van der Waals surface area contributed by atoms with E-state index in [1.165, 1.54) is 0 Å². The van der Waals surface area contributed by atoms with Gasteiger partial charge in [-0.05, 0) is 0 Å². The summed E-state index contributed by atoms with van der Waals surface area (Å²) in [5.41, 5.74) is 0. The van der Waals surface area contributed by atoms with Crippen LogP contribution < -0.4 is 29.6 Å². The topological polar surface area (TPSA) is 101 Å². The Bertz CT molecular complexity index is 333. The SMILES string of the molecule is CC1C(=O)OC(=O)C1S(=O)(=O)[O-].[Na+]. The first-order valence-corrected chi connectivity index (χ1v) is 4.51. The van der Waals surface area contributed by atoms with Crippen LogP contribution in [0.25, 0.3) is 0 Å². The van der Waals surface area contributed by atoms with E-state index >= 15 is 0 Å². The number of ether oxygens (including phenoxy) is 1. The molecular weight excluding hydrogens is 211 g/mol. The van der Waals surface area contributed by atoms with Gasteiger partial charge in [-0.1, -0.05) is 6.92 Å². The van der Waals surface area contributed by atoms with E-state index in [4.69, 9.17) is 0 Å². The summed E-state index contributed by atoms with van der Waals surface area (Å²) in [6.07, 6.45) is 0. The Balaban J connectivity index is 0.00000144. The summed E-state index contributed by atoms with van der Waals surface area (Å²) >= 11 is 0. The van der Waals surface area contributed by atoms with Crippen LogP contribution in [-0.4, -0.2) is 30.2 Å². The molecule has 0 radical (unpaired) electrons. The summed E-state index contributed by atoms with van der Waals surface area (Å²) in [6.45, 7) is 1.16. The van der Waals surface area contributed by atoms with Gasteiger partial charge in [0.1, 0.15) is 10.1 Å². The van der Waals surface area contributed by atoms with Gasteiger partial charge in [0.2, 0.25) is 0 Å². The van der Waals surface area contributed by atoms with E-state index in [2.05, 4.69) is 4.74 Å². The first-order valence-electron chi connectivity index (χ1n) is 3.04.